The molecular weight excluding hydrogens is 256 g/mol. The van der Waals surface area contributed by atoms with Crippen LogP contribution in [0, 0.1) is 0 Å². The Morgan fingerprint density at radius 2 is 1.90 bits per heavy atom. The van der Waals surface area contributed by atoms with Crippen molar-refractivity contribution in [1.29, 1.82) is 0 Å². The highest BCUT2D eigenvalue weighted by atomic mass is 16.5. The van der Waals surface area contributed by atoms with Gasteiger partial charge in [-0.1, -0.05) is 6.07 Å². The van der Waals surface area contributed by atoms with Gasteiger partial charge in [0.1, 0.15) is 30.0 Å². The second-order valence-corrected chi connectivity index (χ2v) is 4.24. The van der Waals surface area contributed by atoms with Crippen LogP contribution in [0.2, 0.25) is 0 Å². The third-order valence-electron chi connectivity index (χ3n) is 2.69. The van der Waals surface area contributed by atoms with E-state index in [1.807, 2.05) is 30.3 Å². The van der Waals surface area contributed by atoms with Crippen molar-refractivity contribution in [2.45, 2.75) is 6.10 Å². The van der Waals surface area contributed by atoms with Gasteiger partial charge in [0, 0.05) is 12.7 Å². The zero-order chi connectivity index (χ0) is 14.2. The quantitative estimate of drug-likeness (QED) is 0.808. The molecule has 1 atom stereocenters. The first-order chi connectivity index (χ1) is 9.78. The predicted octanol–water partition coefficient (Wildman–Crippen LogP) is 1.94. The lowest BCUT2D eigenvalue weighted by Gasteiger charge is -2.13. The Balaban J connectivity index is 1.73. The summed E-state index contributed by atoms with van der Waals surface area (Å²) in [4.78, 5) is 4.11. The van der Waals surface area contributed by atoms with Gasteiger partial charge in [0.05, 0.1) is 7.11 Å². The maximum Gasteiger partial charge on any atom is 0.125 e. The molecule has 5 nitrogen and oxygen atoms in total. The van der Waals surface area contributed by atoms with Gasteiger partial charge >= 0.3 is 0 Å². The van der Waals surface area contributed by atoms with Crippen LogP contribution in [0.3, 0.4) is 0 Å². The smallest absolute Gasteiger partial charge is 0.125 e. The Bertz CT molecular complexity index is 502. The highest BCUT2D eigenvalue weighted by molar-refractivity contribution is 5.33. The molecule has 0 radical (unpaired) electrons. The predicted molar refractivity (Wildman–Crippen MR) is 77.2 cm³/mol. The lowest BCUT2D eigenvalue weighted by atomic mass is 10.3. The Morgan fingerprint density at radius 3 is 2.55 bits per heavy atom. The van der Waals surface area contributed by atoms with Crippen molar-refractivity contribution >= 4 is 5.82 Å². The van der Waals surface area contributed by atoms with E-state index in [0.717, 1.165) is 11.6 Å². The molecule has 0 saturated heterocycles. The summed E-state index contributed by atoms with van der Waals surface area (Å²) in [5.41, 5.74) is 0. The molecule has 0 saturated carbocycles. The molecule has 0 bridgehead atoms. The molecule has 1 heterocycles. The van der Waals surface area contributed by atoms with Gasteiger partial charge in [-0.25, -0.2) is 4.98 Å². The fraction of sp³-hybridized carbons (Fsp3) is 0.267. The summed E-state index contributed by atoms with van der Waals surface area (Å²) in [6.45, 7) is 0.597. The van der Waals surface area contributed by atoms with Crippen LogP contribution >= 0.6 is 0 Å². The van der Waals surface area contributed by atoms with Gasteiger partial charge in [-0.2, -0.15) is 0 Å². The molecule has 0 aliphatic carbocycles. The Hall–Kier alpha value is -2.27. The first kappa shape index (κ1) is 14.1. The molecule has 0 spiro atoms. The van der Waals surface area contributed by atoms with Crippen LogP contribution in [0.25, 0.3) is 0 Å². The largest absolute Gasteiger partial charge is 0.497 e. The van der Waals surface area contributed by atoms with Crippen molar-refractivity contribution in [3.8, 4) is 11.5 Å². The number of aliphatic hydroxyl groups excluding tert-OH is 1. The molecule has 0 fully saturated rings. The van der Waals surface area contributed by atoms with Gasteiger partial charge in [-0.05, 0) is 36.4 Å². The number of pyridine rings is 1. The molecule has 2 rings (SSSR count). The Kier molecular flexibility index (Phi) is 5.20. The van der Waals surface area contributed by atoms with E-state index >= 15 is 0 Å². The normalized spacial score (nSPS) is 11.7. The van der Waals surface area contributed by atoms with E-state index in [9.17, 15) is 5.11 Å². The number of rotatable bonds is 7. The number of aliphatic hydroxyl groups is 1. The van der Waals surface area contributed by atoms with Crippen molar-refractivity contribution in [3.63, 3.8) is 0 Å². The number of nitrogens with zero attached hydrogens (tertiary/aromatic N) is 1. The zero-order valence-corrected chi connectivity index (χ0v) is 11.3. The molecule has 1 aromatic carbocycles. The molecule has 1 aromatic heterocycles. The molecule has 0 amide bonds. The molecule has 106 valence electrons. The molecule has 2 N–H and O–H groups in total. The van der Waals surface area contributed by atoms with Crippen LogP contribution in [-0.2, 0) is 0 Å². The lowest BCUT2D eigenvalue weighted by Crippen LogP contribution is -2.26. The third-order valence-corrected chi connectivity index (χ3v) is 2.69. The van der Waals surface area contributed by atoms with Crippen LogP contribution in [0.15, 0.2) is 48.7 Å². The average Bonchev–Trinajstić information content (AvgIpc) is 2.52. The molecular formula is C15H18N2O3. The number of aromatic nitrogens is 1. The second-order valence-electron chi connectivity index (χ2n) is 4.24. The van der Waals surface area contributed by atoms with Crippen molar-refractivity contribution in [2.75, 3.05) is 25.6 Å². The lowest BCUT2D eigenvalue weighted by molar-refractivity contribution is 0.117. The van der Waals surface area contributed by atoms with E-state index in [0.29, 0.717) is 12.3 Å². The summed E-state index contributed by atoms with van der Waals surface area (Å²) in [7, 11) is 1.61. The van der Waals surface area contributed by atoms with Crippen molar-refractivity contribution in [3.05, 3.63) is 48.7 Å². The molecule has 0 aliphatic rings. The number of nitrogens with one attached hydrogen (secondary N) is 1. The number of hydrogen-bond donors (Lipinski definition) is 2. The maximum atomic E-state index is 9.83. The zero-order valence-electron chi connectivity index (χ0n) is 11.3. The minimum Gasteiger partial charge on any atom is -0.497 e. The topological polar surface area (TPSA) is 63.6 Å². The van der Waals surface area contributed by atoms with Gasteiger partial charge in [-0.3, -0.25) is 0 Å². The van der Waals surface area contributed by atoms with Crippen LogP contribution in [0.4, 0.5) is 5.82 Å². The minimum atomic E-state index is -0.612. The first-order valence-corrected chi connectivity index (χ1v) is 6.38. The van der Waals surface area contributed by atoms with Crippen molar-refractivity contribution in [1.82, 2.24) is 4.98 Å². The standard InChI is InChI=1S/C15H18N2O3/c1-19-13-5-7-14(8-6-13)20-11-12(18)10-17-15-4-2-3-9-16-15/h2-9,12,18H,10-11H2,1H3,(H,16,17). The van der Waals surface area contributed by atoms with Crippen LogP contribution in [0.1, 0.15) is 0 Å². The first-order valence-electron chi connectivity index (χ1n) is 6.38. The summed E-state index contributed by atoms with van der Waals surface area (Å²) < 4.78 is 10.6. The fourth-order valence-electron chi connectivity index (χ4n) is 1.61. The van der Waals surface area contributed by atoms with E-state index in [4.69, 9.17) is 9.47 Å². The summed E-state index contributed by atoms with van der Waals surface area (Å²) in [6, 6.07) is 12.8. The van der Waals surface area contributed by atoms with Gasteiger partial charge in [0.25, 0.3) is 0 Å². The number of ether oxygens (including phenoxy) is 2. The maximum absolute atomic E-state index is 9.83. The van der Waals surface area contributed by atoms with Crippen molar-refractivity contribution in [2.24, 2.45) is 0 Å². The summed E-state index contributed by atoms with van der Waals surface area (Å²) in [6.07, 6.45) is 1.09. The third kappa shape index (κ3) is 4.44. The van der Waals surface area contributed by atoms with E-state index in [2.05, 4.69) is 10.3 Å². The molecule has 1 unspecified atom stereocenters. The van der Waals surface area contributed by atoms with Gasteiger partial charge in [0.2, 0.25) is 0 Å². The summed E-state index contributed by atoms with van der Waals surface area (Å²) >= 11 is 0. The van der Waals surface area contributed by atoms with Crippen LogP contribution in [-0.4, -0.2) is 36.5 Å². The van der Waals surface area contributed by atoms with E-state index in [1.165, 1.54) is 0 Å². The van der Waals surface area contributed by atoms with E-state index in [-0.39, 0.29) is 6.61 Å². The second kappa shape index (κ2) is 7.35. The molecule has 0 aliphatic heterocycles. The molecule has 2 aromatic rings. The minimum absolute atomic E-state index is 0.214. The van der Waals surface area contributed by atoms with E-state index < -0.39 is 6.10 Å². The Morgan fingerprint density at radius 1 is 1.15 bits per heavy atom. The fourth-order valence-corrected chi connectivity index (χ4v) is 1.61. The molecule has 20 heavy (non-hydrogen) atoms. The van der Waals surface area contributed by atoms with Crippen LogP contribution < -0.4 is 14.8 Å². The highest BCUT2D eigenvalue weighted by Gasteiger charge is 2.05. The number of methoxy groups -OCH3 is 1. The Labute approximate surface area is 118 Å². The van der Waals surface area contributed by atoms with Crippen LogP contribution in [0.5, 0.6) is 11.5 Å². The number of anilines is 1. The monoisotopic (exact) mass is 274 g/mol. The SMILES string of the molecule is COc1ccc(OCC(O)CNc2ccccn2)cc1. The van der Waals surface area contributed by atoms with Gasteiger partial charge < -0.3 is 19.9 Å². The van der Waals surface area contributed by atoms with Crippen molar-refractivity contribution < 1.29 is 14.6 Å². The number of benzene rings is 1. The number of hydrogen-bond acceptors (Lipinski definition) is 5. The molecule has 5 heteroatoms. The highest BCUT2D eigenvalue weighted by Crippen LogP contribution is 2.17. The van der Waals surface area contributed by atoms with Gasteiger partial charge in [0.15, 0.2) is 0 Å². The van der Waals surface area contributed by atoms with E-state index in [1.54, 1.807) is 25.4 Å². The van der Waals surface area contributed by atoms with Gasteiger partial charge in [-0.15, -0.1) is 0 Å². The summed E-state index contributed by atoms with van der Waals surface area (Å²) in [5, 5.41) is 12.9. The average molecular weight is 274 g/mol. The summed E-state index contributed by atoms with van der Waals surface area (Å²) in [5.74, 6) is 2.20.